The lowest BCUT2D eigenvalue weighted by Crippen LogP contribution is -2.09. The number of nitrogens with one attached hydrogen (secondary N) is 1. The van der Waals surface area contributed by atoms with E-state index in [2.05, 4.69) is 15.3 Å². The molecule has 5 nitrogen and oxygen atoms in total. The van der Waals surface area contributed by atoms with E-state index in [4.69, 9.17) is 17.3 Å². The van der Waals surface area contributed by atoms with Crippen LogP contribution in [0.3, 0.4) is 0 Å². The predicted molar refractivity (Wildman–Crippen MR) is 75.6 cm³/mol. The molecule has 0 unspecified atom stereocenters. The van der Waals surface area contributed by atoms with Gasteiger partial charge in [0, 0.05) is 18.0 Å². The number of rotatable bonds is 3. The van der Waals surface area contributed by atoms with Gasteiger partial charge in [0.25, 0.3) is 0 Å². The van der Waals surface area contributed by atoms with E-state index in [1.807, 2.05) is 12.1 Å². The number of carbonyl (C=O) groups excluding carboxylic acids is 1. The molecule has 0 spiro atoms. The summed E-state index contributed by atoms with van der Waals surface area (Å²) in [5.74, 6) is 0.0542. The summed E-state index contributed by atoms with van der Waals surface area (Å²) in [5.41, 5.74) is 7.13. The Balaban J connectivity index is 1.99. The van der Waals surface area contributed by atoms with Crippen LogP contribution in [0.25, 0.3) is 6.08 Å². The third-order valence-corrected chi connectivity index (χ3v) is 2.42. The molecule has 1 heterocycles. The van der Waals surface area contributed by atoms with Gasteiger partial charge in [-0.2, -0.15) is 0 Å². The van der Waals surface area contributed by atoms with Crippen molar-refractivity contribution >= 4 is 35.1 Å². The van der Waals surface area contributed by atoms with E-state index in [1.54, 1.807) is 24.3 Å². The van der Waals surface area contributed by atoms with Crippen LogP contribution in [-0.4, -0.2) is 15.9 Å². The minimum Gasteiger partial charge on any atom is -0.399 e. The molecule has 0 aliphatic rings. The maximum atomic E-state index is 11.6. The van der Waals surface area contributed by atoms with E-state index < -0.39 is 0 Å². The van der Waals surface area contributed by atoms with E-state index in [9.17, 15) is 4.79 Å². The molecule has 96 valence electrons. The molecule has 0 aliphatic carbocycles. The summed E-state index contributed by atoms with van der Waals surface area (Å²) in [6.07, 6.45) is 4.55. The minimum absolute atomic E-state index is 0.0836. The van der Waals surface area contributed by atoms with Crippen molar-refractivity contribution in [3.8, 4) is 0 Å². The van der Waals surface area contributed by atoms with Crippen LogP contribution < -0.4 is 11.1 Å². The number of nitrogen functional groups attached to an aromatic ring is 1. The number of anilines is 2. The van der Waals surface area contributed by atoms with Gasteiger partial charge in [-0.15, -0.1) is 0 Å². The molecule has 0 atom stereocenters. The smallest absolute Gasteiger partial charge is 0.249 e. The molecule has 0 aliphatic heterocycles. The number of aromatic nitrogens is 2. The standard InChI is InChI=1S/C13H11ClN4O/c14-13-16-8-7-11(18-13)17-12(19)6-3-9-1-4-10(15)5-2-9/h1-8H,15H2,(H,16,17,18,19)/b6-3+. The Morgan fingerprint density at radius 3 is 2.68 bits per heavy atom. The van der Waals surface area contributed by atoms with E-state index in [0.717, 1.165) is 5.56 Å². The number of hydrogen-bond acceptors (Lipinski definition) is 4. The topological polar surface area (TPSA) is 80.9 Å². The number of benzene rings is 1. The highest BCUT2D eigenvalue weighted by atomic mass is 35.5. The summed E-state index contributed by atoms with van der Waals surface area (Å²) in [5, 5.41) is 2.66. The van der Waals surface area contributed by atoms with Gasteiger partial charge in [0.2, 0.25) is 11.2 Å². The Hall–Kier alpha value is -2.40. The monoisotopic (exact) mass is 274 g/mol. The van der Waals surface area contributed by atoms with Gasteiger partial charge in [0.05, 0.1) is 0 Å². The molecule has 0 bridgehead atoms. The fraction of sp³-hybridized carbons (Fsp3) is 0. The van der Waals surface area contributed by atoms with Crippen molar-refractivity contribution in [1.29, 1.82) is 0 Å². The summed E-state index contributed by atoms with van der Waals surface area (Å²) in [4.78, 5) is 19.2. The number of hydrogen-bond donors (Lipinski definition) is 2. The fourth-order valence-electron chi connectivity index (χ4n) is 1.35. The molecule has 2 rings (SSSR count). The normalized spacial score (nSPS) is 10.6. The first-order valence-corrected chi connectivity index (χ1v) is 5.84. The molecular formula is C13H11ClN4O. The molecule has 0 saturated heterocycles. The molecule has 1 aromatic heterocycles. The zero-order valence-corrected chi connectivity index (χ0v) is 10.6. The average molecular weight is 275 g/mol. The van der Waals surface area contributed by atoms with Crippen LogP contribution in [0.5, 0.6) is 0 Å². The van der Waals surface area contributed by atoms with E-state index in [-0.39, 0.29) is 11.2 Å². The van der Waals surface area contributed by atoms with Gasteiger partial charge >= 0.3 is 0 Å². The van der Waals surface area contributed by atoms with Gasteiger partial charge in [-0.3, -0.25) is 4.79 Å². The van der Waals surface area contributed by atoms with Gasteiger partial charge in [-0.25, -0.2) is 9.97 Å². The summed E-state index contributed by atoms with van der Waals surface area (Å²) < 4.78 is 0. The van der Waals surface area contributed by atoms with E-state index in [0.29, 0.717) is 11.5 Å². The first kappa shape index (κ1) is 13.0. The van der Waals surface area contributed by atoms with E-state index in [1.165, 1.54) is 12.3 Å². The predicted octanol–water partition coefficient (Wildman–Crippen LogP) is 2.36. The zero-order chi connectivity index (χ0) is 13.7. The summed E-state index contributed by atoms with van der Waals surface area (Å²) >= 11 is 5.61. The van der Waals surface area contributed by atoms with Crippen molar-refractivity contribution in [2.45, 2.75) is 0 Å². The Labute approximate surface area is 115 Å². The van der Waals surface area contributed by atoms with Crippen LogP contribution in [0.1, 0.15) is 5.56 Å². The largest absolute Gasteiger partial charge is 0.399 e. The third kappa shape index (κ3) is 4.08. The van der Waals surface area contributed by atoms with Crippen LogP contribution in [0, 0.1) is 0 Å². The van der Waals surface area contributed by atoms with Crippen LogP contribution >= 0.6 is 11.6 Å². The summed E-state index contributed by atoms with van der Waals surface area (Å²) in [7, 11) is 0. The molecule has 19 heavy (non-hydrogen) atoms. The number of carbonyl (C=O) groups is 1. The van der Waals surface area contributed by atoms with Crippen molar-refractivity contribution in [2.75, 3.05) is 11.1 Å². The lowest BCUT2D eigenvalue weighted by molar-refractivity contribution is -0.111. The maximum absolute atomic E-state index is 11.6. The summed E-state index contributed by atoms with van der Waals surface area (Å²) in [6.45, 7) is 0. The molecule has 0 fully saturated rings. The van der Waals surface area contributed by atoms with Gasteiger partial charge < -0.3 is 11.1 Å². The maximum Gasteiger partial charge on any atom is 0.249 e. The first-order valence-electron chi connectivity index (χ1n) is 5.46. The second-order valence-corrected chi connectivity index (χ2v) is 4.04. The second-order valence-electron chi connectivity index (χ2n) is 3.70. The lowest BCUT2D eigenvalue weighted by Gasteiger charge is -2.00. The van der Waals surface area contributed by atoms with Gasteiger partial charge in [0.15, 0.2) is 0 Å². The number of amides is 1. The van der Waals surface area contributed by atoms with Crippen LogP contribution in [-0.2, 0) is 4.79 Å². The number of halogens is 1. The van der Waals surface area contributed by atoms with Gasteiger partial charge in [0.1, 0.15) is 5.82 Å². The molecule has 0 saturated carbocycles. The first-order chi connectivity index (χ1) is 9.13. The van der Waals surface area contributed by atoms with Crippen molar-refractivity contribution in [1.82, 2.24) is 9.97 Å². The highest BCUT2D eigenvalue weighted by molar-refractivity contribution is 6.28. The molecule has 0 radical (unpaired) electrons. The summed E-state index contributed by atoms with van der Waals surface area (Å²) in [6, 6.07) is 8.73. The Kier molecular flexibility index (Phi) is 4.10. The fourth-order valence-corrected chi connectivity index (χ4v) is 1.50. The third-order valence-electron chi connectivity index (χ3n) is 2.24. The Morgan fingerprint density at radius 2 is 2.00 bits per heavy atom. The quantitative estimate of drug-likeness (QED) is 0.511. The van der Waals surface area contributed by atoms with Crippen molar-refractivity contribution in [3.05, 3.63) is 53.5 Å². The van der Waals surface area contributed by atoms with Crippen LogP contribution in [0.15, 0.2) is 42.6 Å². The lowest BCUT2D eigenvalue weighted by atomic mass is 10.2. The average Bonchev–Trinajstić information content (AvgIpc) is 2.38. The molecule has 6 heteroatoms. The highest BCUT2D eigenvalue weighted by Crippen LogP contribution is 2.08. The number of nitrogens with two attached hydrogens (primary N) is 1. The number of nitrogens with zero attached hydrogens (tertiary/aromatic N) is 2. The molecular weight excluding hydrogens is 264 g/mol. The molecule has 2 aromatic rings. The molecule has 1 amide bonds. The molecule has 1 aromatic carbocycles. The van der Waals surface area contributed by atoms with Crippen molar-refractivity contribution < 1.29 is 4.79 Å². The van der Waals surface area contributed by atoms with Crippen molar-refractivity contribution in [2.24, 2.45) is 0 Å². The Morgan fingerprint density at radius 1 is 1.26 bits per heavy atom. The second kappa shape index (κ2) is 5.97. The zero-order valence-electron chi connectivity index (χ0n) is 9.88. The minimum atomic E-state index is -0.299. The van der Waals surface area contributed by atoms with E-state index >= 15 is 0 Å². The highest BCUT2D eigenvalue weighted by Gasteiger charge is 2.00. The van der Waals surface area contributed by atoms with Gasteiger partial charge in [-0.05, 0) is 41.4 Å². The Bertz CT molecular complexity index is 610. The van der Waals surface area contributed by atoms with Crippen LogP contribution in [0.4, 0.5) is 11.5 Å². The SMILES string of the molecule is Nc1ccc(/C=C/C(=O)Nc2ccnc(Cl)n2)cc1. The van der Waals surface area contributed by atoms with Crippen molar-refractivity contribution in [3.63, 3.8) is 0 Å². The van der Waals surface area contributed by atoms with Gasteiger partial charge in [-0.1, -0.05) is 12.1 Å². The molecule has 3 N–H and O–H groups in total. The van der Waals surface area contributed by atoms with Crippen LogP contribution in [0.2, 0.25) is 5.28 Å².